The lowest BCUT2D eigenvalue weighted by Gasteiger charge is -2.31. The fraction of sp³-hybridized carbons (Fsp3) is 0.429. The SMILES string of the molecule is COC(=O)[C@H]1CCCN(C(=O)c2ccc(N)c([N+](=O)[O-])c2)C1. The van der Waals surface area contributed by atoms with E-state index >= 15 is 0 Å². The number of rotatable bonds is 3. The molecule has 2 N–H and O–H groups in total. The molecule has 1 amide bonds. The summed E-state index contributed by atoms with van der Waals surface area (Å²) in [5.74, 6) is -1.05. The third-order valence-electron chi connectivity index (χ3n) is 3.72. The van der Waals surface area contributed by atoms with E-state index in [0.29, 0.717) is 19.4 Å². The standard InChI is InChI=1S/C14H17N3O5/c1-22-14(19)10-3-2-6-16(8-10)13(18)9-4-5-11(15)12(7-9)17(20)21/h4-5,7,10H,2-3,6,8,15H2,1H3/t10-/m0/s1. The van der Waals surface area contributed by atoms with Gasteiger partial charge in [-0.15, -0.1) is 0 Å². The van der Waals surface area contributed by atoms with Gasteiger partial charge in [0.25, 0.3) is 11.6 Å². The second-order valence-corrected chi connectivity index (χ2v) is 5.14. The summed E-state index contributed by atoms with van der Waals surface area (Å²) in [4.78, 5) is 35.8. The number of anilines is 1. The van der Waals surface area contributed by atoms with Crippen LogP contribution in [0.5, 0.6) is 0 Å². The lowest BCUT2D eigenvalue weighted by Crippen LogP contribution is -2.42. The van der Waals surface area contributed by atoms with Crippen LogP contribution in [0.15, 0.2) is 18.2 Å². The van der Waals surface area contributed by atoms with E-state index in [1.807, 2.05) is 0 Å². The van der Waals surface area contributed by atoms with Crippen molar-refractivity contribution in [1.82, 2.24) is 4.90 Å². The van der Waals surface area contributed by atoms with E-state index in [9.17, 15) is 19.7 Å². The summed E-state index contributed by atoms with van der Waals surface area (Å²) in [6, 6.07) is 3.96. The molecule has 0 aromatic heterocycles. The molecule has 1 fully saturated rings. The first-order valence-electron chi connectivity index (χ1n) is 6.85. The van der Waals surface area contributed by atoms with Gasteiger partial charge in [0.05, 0.1) is 18.0 Å². The van der Waals surface area contributed by atoms with E-state index in [2.05, 4.69) is 0 Å². The minimum absolute atomic E-state index is 0.00707. The largest absolute Gasteiger partial charge is 0.469 e. The zero-order chi connectivity index (χ0) is 16.3. The highest BCUT2D eigenvalue weighted by Gasteiger charge is 2.30. The maximum Gasteiger partial charge on any atom is 0.310 e. The van der Waals surface area contributed by atoms with E-state index in [-0.39, 0.29) is 41.3 Å². The molecule has 22 heavy (non-hydrogen) atoms. The number of methoxy groups -OCH3 is 1. The van der Waals surface area contributed by atoms with E-state index < -0.39 is 4.92 Å². The van der Waals surface area contributed by atoms with Crippen molar-refractivity contribution < 1.29 is 19.2 Å². The van der Waals surface area contributed by atoms with Gasteiger partial charge in [-0.1, -0.05) is 0 Å². The molecule has 1 aromatic rings. The van der Waals surface area contributed by atoms with Crippen molar-refractivity contribution in [2.75, 3.05) is 25.9 Å². The molecule has 0 unspecified atom stereocenters. The van der Waals surface area contributed by atoms with Gasteiger partial charge >= 0.3 is 5.97 Å². The molecule has 1 heterocycles. The molecule has 2 rings (SSSR count). The molecule has 0 bridgehead atoms. The number of hydrogen-bond acceptors (Lipinski definition) is 6. The van der Waals surface area contributed by atoms with E-state index in [1.54, 1.807) is 0 Å². The smallest absolute Gasteiger partial charge is 0.310 e. The molecule has 118 valence electrons. The van der Waals surface area contributed by atoms with Crippen LogP contribution in [0, 0.1) is 16.0 Å². The highest BCUT2D eigenvalue weighted by atomic mass is 16.6. The van der Waals surface area contributed by atoms with Crippen LogP contribution in [0.1, 0.15) is 23.2 Å². The number of carbonyl (C=O) groups is 2. The highest BCUT2D eigenvalue weighted by Crippen LogP contribution is 2.25. The van der Waals surface area contributed by atoms with Gasteiger partial charge in [-0.25, -0.2) is 0 Å². The molecular weight excluding hydrogens is 290 g/mol. The van der Waals surface area contributed by atoms with E-state index in [1.165, 1.54) is 30.2 Å². The number of esters is 1. The van der Waals surface area contributed by atoms with Crippen molar-refractivity contribution >= 4 is 23.3 Å². The van der Waals surface area contributed by atoms with Crippen LogP contribution in [0.4, 0.5) is 11.4 Å². The van der Waals surface area contributed by atoms with Crippen LogP contribution in [0.2, 0.25) is 0 Å². The normalized spacial score (nSPS) is 17.9. The number of ether oxygens (including phenoxy) is 1. The topological polar surface area (TPSA) is 116 Å². The van der Waals surface area contributed by atoms with Gasteiger partial charge in [-0.2, -0.15) is 0 Å². The molecule has 1 aliphatic rings. The molecule has 0 aliphatic carbocycles. The Balaban J connectivity index is 2.19. The highest BCUT2D eigenvalue weighted by molar-refractivity contribution is 5.96. The van der Waals surface area contributed by atoms with Gasteiger partial charge in [-0.05, 0) is 25.0 Å². The molecule has 1 saturated heterocycles. The Hall–Kier alpha value is -2.64. The Morgan fingerprint density at radius 3 is 2.82 bits per heavy atom. The summed E-state index contributed by atoms with van der Waals surface area (Å²) < 4.78 is 4.71. The molecule has 8 nitrogen and oxygen atoms in total. The molecular formula is C14H17N3O5. The maximum atomic E-state index is 12.5. The van der Waals surface area contributed by atoms with Crippen molar-refractivity contribution in [2.24, 2.45) is 5.92 Å². The Labute approximate surface area is 127 Å². The zero-order valence-electron chi connectivity index (χ0n) is 12.2. The molecule has 0 spiro atoms. The Bertz CT molecular complexity index is 616. The van der Waals surface area contributed by atoms with Crippen molar-refractivity contribution in [1.29, 1.82) is 0 Å². The number of nitro benzene ring substituents is 1. The summed E-state index contributed by atoms with van der Waals surface area (Å²) in [5.41, 5.74) is 5.42. The first-order valence-corrected chi connectivity index (χ1v) is 6.85. The maximum absolute atomic E-state index is 12.5. The van der Waals surface area contributed by atoms with Gasteiger partial charge in [0.15, 0.2) is 0 Å². The van der Waals surface area contributed by atoms with E-state index in [4.69, 9.17) is 10.5 Å². The predicted molar refractivity (Wildman–Crippen MR) is 78.2 cm³/mol. The zero-order valence-corrected chi connectivity index (χ0v) is 12.2. The lowest BCUT2D eigenvalue weighted by atomic mass is 9.97. The predicted octanol–water partition coefficient (Wildman–Crippen LogP) is 1.20. The average molecular weight is 307 g/mol. The van der Waals surface area contributed by atoms with Gasteiger partial charge in [0.1, 0.15) is 5.69 Å². The minimum Gasteiger partial charge on any atom is -0.469 e. The number of nitrogens with two attached hydrogens (primary N) is 1. The molecule has 1 aromatic carbocycles. The Morgan fingerprint density at radius 1 is 1.45 bits per heavy atom. The van der Waals surface area contributed by atoms with Crippen LogP contribution in [-0.4, -0.2) is 41.9 Å². The van der Waals surface area contributed by atoms with Crippen molar-refractivity contribution in [2.45, 2.75) is 12.8 Å². The first kappa shape index (κ1) is 15.7. The summed E-state index contributed by atoms with van der Waals surface area (Å²) in [6.07, 6.45) is 1.35. The second kappa shape index (κ2) is 6.42. The molecule has 1 atom stereocenters. The van der Waals surface area contributed by atoms with Crippen molar-refractivity contribution in [3.63, 3.8) is 0 Å². The summed E-state index contributed by atoms with van der Waals surface area (Å²) in [5, 5.41) is 10.9. The summed E-state index contributed by atoms with van der Waals surface area (Å²) in [6.45, 7) is 0.758. The monoisotopic (exact) mass is 307 g/mol. The quantitative estimate of drug-likeness (QED) is 0.388. The number of amides is 1. The van der Waals surface area contributed by atoms with Crippen LogP contribution in [0.3, 0.4) is 0 Å². The number of hydrogen-bond donors (Lipinski definition) is 1. The fourth-order valence-electron chi connectivity index (χ4n) is 2.54. The number of nitrogens with zero attached hydrogens (tertiary/aromatic N) is 2. The van der Waals surface area contributed by atoms with Gasteiger partial charge in [0.2, 0.25) is 0 Å². The Kier molecular flexibility index (Phi) is 4.59. The summed E-state index contributed by atoms with van der Waals surface area (Å²) in [7, 11) is 1.31. The number of carbonyl (C=O) groups excluding carboxylic acids is 2. The number of likely N-dealkylation sites (tertiary alicyclic amines) is 1. The van der Waals surface area contributed by atoms with Gasteiger partial charge < -0.3 is 15.4 Å². The van der Waals surface area contributed by atoms with Crippen molar-refractivity contribution in [3.05, 3.63) is 33.9 Å². The number of nitro groups is 1. The average Bonchev–Trinajstić information content (AvgIpc) is 2.53. The Morgan fingerprint density at radius 2 is 2.18 bits per heavy atom. The van der Waals surface area contributed by atoms with Gasteiger partial charge in [-0.3, -0.25) is 19.7 Å². The van der Waals surface area contributed by atoms with Crippen LogP contribution >= 0.6 is 0 Å². The summed E-state index contributed by atoms with van der Waals surface area (Å²) >= 11 is 0. The molecule has 0 saturated carbocycles. The van der Waals surface area contributed by atoms with Crippen LogP contribution in [0.25, 0.3) is 0 Å². The van der Waals surface area contributed by atoms with Crippen LogP contribution < -0.4 is 5.73 Å². The third-order valence-corrected chi connectivity index (χ3v) is 3.72. The number of piperidine rings is 1. The number of nitrogen functional groups attached to an aromatic ring is 1. The van der Waals surface area contributed by atoms with Crippen molar-refractivity contribution in [3.8, 4) is 0 Å². The number of benzene rings is 1. The molecule has 0 radical (unpaired) electrons. The molecule has 1 aliphatic heterocycles. The lowest BCUT2D eigenvalue weighted by molar-refractivity contribution is -0.383. The van der Waals surface area contributed by atoms with Gasteiger partial charge in [0, 0.05) is 24.7 Å². The second-order valence-electron chi connectivity index (χ2n) is 5.14. The molecule has 8 heteroatoms. The minimum atomic E-state index is -0.625. The fourth-order valence-corrected chi connectivity index (χ4v) is 2.54. The third kappa shape index (κ3) is 3.16. The van der Waals surface area contributed by atoms with Crippen LogP contribution in [-0.2, 0) is 9.53 Å². The first-order chi connectivity index (χ1) is 10.4. The van der Waals surface area contributed by atoms with E-state index in [0.717, 1.165) is 0 Å².